The van der Waals surface area contributed by atoms with Crippen LogP contribution in [0.3, 0.4) is 0 Å². The van der Waals surface area contributed by atoms with Gasteiger partial charge in [-0.2, -0.15) is 0 Å². The topological polar surface area (TPSA) is 133 Å². The standard InChI is InChI=1S/C5H4N4O6/c10-7(11)4-1-2-5(8(12)13)6(3-4)9(14)15/h1-2H,3H2. The number of hydrogen-bond donors (Lipinski definition) is 0. The van der Waals surface area contributed by atoms with Crippen molar-refractivity contribution in [1.82, 2.24) is 5.01 Å². The van der Waals surface area contributed by atoms with Gasteiger partial charge in [-0.25, -0.2) is 10.1 Å². The van der Waals surface area contributed by atoms with E-state index in [1.165, 1.54) is 0 Å². The van der Waals surface area contributed by atoms with Gasteiger partial charge in [0.1, 0.15) is 0 Å². The summed E-state index contributed by atoms with van der Waals surface area (Å²) >= 11 is 0. The molecule has 0 N–H and O–H groups in total. The summed E-state index contributed by atoms with van der Waals surface area (Å²) in [5.74, 6) is -0.800. The molecule has 10 nitrogen and oxygen atoms in total. The fourth-order valence-corrected chi connectivity index (χ4v) is 0.959. The van der Waals surface area contributed by atoms with Gasteiger partial charge in [-0.1, -0.05) is 0 Å². The average Bonchev–Trinajstić information content (AvgIpc) is 2.16. The van der Waals surface area contributed by atoms with Gasteiger partial charge >= 0.3 is 5.82 Å². The van der Waals surface area contributed by atoms with Crippen LogP contribution in [-0.2, 0) is 0 Å². The molecule has 0 aromatic rings. The number of nitrogens with zero attached hydrogens (tertiary/aromatic N) is 4. The molecule has 0 spiro atoms. The monoisotopic (exact) mass is 216 g/mol. The molecule has 0 aromatic heterocycles. The largest absolute Gasteiger partial charge is 0.383 e. The van der Waals surface area contributed by atoms with Crippen molar-refractivity contribution >= 4 is 0 Å². The lowest BCUT2D eigenvalue weighted by Crippen LogP contribution is -2.37. The third-order valence-corrected chi connectivity index (χ3v) is 1.62. The van der Waals surface area contributed by atoms with Crippen LogP contribution in [-0.4, -0.2) is 26.4 Å². The normalized spacial score (nSPS) is 15.3. The fraction of sp³-hybridized carbons (Fsp3) is 0.200. The smallest absolute Gasteiger partial charge is 0.358 e. The highest BCUT2D eigenvalue weighted by Gasteiger charge is 2.39. The lowest BCUT2D eigenvalue weighted by atomic mass is 10.3. The first-order valence-corrected chi connectivity index (χ1v) is 3.55. The molecule has 10 heteroatoms. The Labute approximate surface area is 81.5 Å². The SMILES string of the molecule is O=[N+]([O-])C1=CC=C([N+](=O)[O-])N([N+](=O)[O-])C1. The van der Waals surface area contributed by atoms with Crippen LogP contribution in [0.15, 0.2) is 23.7 Å². The summed E-state index contributed by atoms with van der Waals surface area (Å²) < 4.78 is 0. The number of nitro groups is 3. The van der Waals surface area contributed by atoms with E-state index < -0.39 is 32.9 Å². The van der Waals surface area contributed by atoms with E-state index in [0.717, 1.165) is 12.2 Å². The van der Waals surface area contributed by atoms with E-state index in [1.54, 1.807) is 0 Å². The molecule has 0 saturated carbocycles. The van der Waals surface area contributed by atoms with E-state index in [2.05, 4.69) is 0 Å². The van der Waals surface area contributed by atoms with Gasteiger partial charge in [-0.05, 0) is 4.92 Å². The molecule has 1 rings (SSSR count). The van der Waals surface area contributed by atoms with Gasteiger partial charge in [0.15, 0.2) is 0 Å². The van der Waals surface area contributed by atoms with Crippen LogP contribution in [0.5, 0.6) is 0 Å². The number of hydrogen-bond acceptors (Lipinski definition) is 6. The number of hydrazine groups is 1. The van der Waals surface area contributed by atoms with E-state index in [9.17, 15) is 30.3 Å². The number of allylic oxidation sites excluding steroid dienone is 2. The van der Waals surface area contributed by atoms with Crippen LogP contribution in [0.2, 0.25) is 0 Å². The average molecular weight is 216 g/mol. The Hall–Kier alpha value is -2.52. The maximum atomic E-state index is 10.4. The van der Waals surface area contributed by atoms with Crippen LogP contribution in [0.25, 0.3) is 0 Å². The minimum Gasteiger partial charge on any atom is -0.358 e. The summed E-state index contributed by atoms with van der Waals surface area (Å²) in [6, 6.07) is 0. The zero-order valence-corrected chi connectivity index (χ0v) is 7.10. The van der Waals surface area contributed by atoms with E-state index in [-0.39, 0.29) is 5.01 Å². The van der Waals surface area contributed by atoms with Crippen molar-refractivity contribution in [1.29, 1.82) is 0 Å². The van der Waals surface area contributed by atoms with E-state index >= 15 is 0 Å². The van der Waals surface area contributed by atoms with Gasteiger partial charge in [0.25, 0.3) is 5.70 Å². The Morgan fingerprint density at radius 2 is 1.67 bits per heavy atom. The van der Waals surface area contributed by atoms with Crippen LogP contribution in [0, 0.1) is 30.3 Å². The molecule has 0 bridgehead atoms. The highest BCUT2D eigenvalue weighted by molar-refractivity contribution is 5.15. The molecule has 0 saturated heterocycles. The summed E-state index contributed by atoms with van der Waals surface area (Å²) in [6.45, 7) is -0.729. The minimum absolute atomic E-state index is 0.109. The summed E-state index contributed by atoms with van der Waals surface area (Å²) in [5.41, 5.74) is -0.475. The van der Waals surface area contributed by atoms with Crippen molar-refractivity contribution in [3.05, 3.63) is 54.0 Å². The minimum atomic E-state index is -1.06. The van der Waals surface area contributed by atoms with Gasteiger partial charge in [-0.3, -0.25) is 10.1 Å². The maximum absolute atomic E-state index is 10.4. The van der Waals surface area contributed by atoms with Crippen LogP contribution >= 0.6 is 0 Å². The molecular weight excluding hydrogens is 212 g/mol. The fourth-order valence-electron chi connectivity index (χ4n) is 0.959. The van der Waals surface area contributed by atoms with Gasteiger partial charge in [-0.15, -0.1) is 0 Å². The predicted molar refractivity (Wildman–Crippen MR) is 43.9 cm³/mol. The molecule has 0 aliphatic carbocycles. The molecule has 0 fully saturated rings. The highest BCUT2D eigenvalue weighted by Crippen LogP contribution is 2.15. The first kappa shape index (κ1) is 10.6. The quantitative estimate of drug-likeness (QED) is 0.469. The molecule has 15 heavy (non-hydrogen) atoms. The zero-order valence-electron chi connectivity index (χ0n) is 7.10. The van der Waals surface area contributed by atoms with Gasteiger partial charge in [0, 0.05) is 12.2 Å². The van der Waals surface area contributed by atoms with Crippen molar-refractivity contribution in [2.75, 3.05) is 6.54 Å². The summed E-state index contributed by atoms with van der Waals surface area (Å²) in [5, 5.41) is 30.0. The third kappa shape index (κ3) is 2.04. The third-order valence-electron chi connectivity index (χ3n) is 1.62. The lowest BCUT2D eigenvalue weighted by Gasteiger charge is -2.09. The van der Waals surface area contributed by atoms with Crippen LogP contribution < -0.4 is 0 Å². The van der Waals surface area contributed by atoms with Crippen LogP contribution in [0.4, 0.5) is 0 Å². The molecular formula is C5H4N4O6. The highest BCUT2D eigenvalue weighted by atomic mass is 16.7. The van der Waals surface area contributed by atoms with E-state index in [1.807, 2.05) is 0 Å². The van der Waals surface area contributed by atoms with E-state index in [4.69, 9.17) is 0 Å². The molecule has 1 aliphatic heterocycles. The van der Waals surface area contributed by atoms with E-state index in [0.29, 0.717) is 0 Å². The van der Waals surface area contributed by atoms with Gasteiger partial charge in [0.2, 0.25) is 11.6 Å². The van der Waals surface area contributed by atoms with Gasteiger partial charge in [0.05, 0.1) is 9.93 Å². The summed E-state index contributed by atoms with van der Waals surface area (Å²) in [6.07, 6.45) is 1.60. The van der Waals surface area contributed by atoms with Crippen molar-refractivity contribution < 1.29 is 14.9 Å². The second-order valence-electron chi connectivity index (χ2n) is 2.49. The zero-order chi connectivity index (χ0) is 11.6. The Bertz CT molecular complexity index is 398. The van der Waals surface area contributed by atoms with Crippen molar-refractivity contribution in [2.24, 2.45) is 0 Å². The first-order valence-electron chi connectivity index (χ1n) is 3.55. The second-order valence-corrected chi connectivity index (χ2v) is 2.49. The Balaban J connectivity index is 3.07. The van der Waals surface area contributed by atoms with Gasteiger partial charge < -0.3 is 10.1 Å². The Morgan fingerprint density at radius 1 is 1.07 bits per heavy atom. The molecule has 80 valence electrons. The first-order chi connectivity index (χ1) is 6.93. The van der Waals surface area contributed by atoms with Crippen molar-refractivity contribution in [3.63, 3.8) is 0 Å². The summed E-state index contributed by atoms with van der Waals surface area (Å²) in [4.78, 5) is 29.2. The molecule has 0 unspecified atom stereocenters. The van der Waals surface area contributed by atoms with Crippen molar-refractivity contribution in [2.45, 2.75) is 0 Å². The maximum Gasteiger partial charge on any atom is 0.383 e. The van der Waals surface area contributed by atoms with Crippen molar-refractivity contribution in [3.8, 4) is 0 Å². The molecule has 0 radical (unpaired) electrons. The summed E-state index contributed by atoms with van der Waals surface area (Å²) in [7, 11) is 0. The predicted octanol–water partition coefficient (Wildman–Crippen LogP) is -0.228. The number of rotatable bonds is 3. The van der Waals surface area contributed by atoms with Crippen LogP contribution in [0.1, 0.15) is 0 Å². The molecule has 0 amide bonds. The molecule has 1 heterocycles. The molecule has 1 aliphatic rings. The lowest BCUT2D eigenvalue weighted by molar-refractivity contribution is -0.680. The Kier molecular flexibility index (Phi) is 2.60. The second kappa shape index (κ2) is 3.69. The Morgan fingerprint density at radius 3 is 2.07 bits per heavy atom. The molecule has 0 aromatic carbocycles. The molecule has 0 atom stereocenters.